The van der Waals surface area contributed by atoms with Crippen LogP contribution in [0.5, 0.6) is 0 Å². The molecule has 0 aromatic heterocycles. The second-order valence-corrected chi connectivity index (χ2v) is 16.2. The Balaban J connectivity index is 1.53. The van der Waals surface area contributed by atoms with E-state index in [-0.39, 0.29) is 66.4 Å². The molecule has 2 fully saturated rings. The van der Waals surface area contributed by atoms with Crippen LogP contribution in [-0.4, -0.2) is 81.1 Å². The standard InChI is InChI=1S/C30H27N5O14S3/c31-20-5-3-17-24(18-4-6-21(32)28(52(45,46)47)26(18)48-25(17)27(20)51(42,43)44)19-13-15(50(33,40)41)1-2-16(19)29(38)34-11-9-14(10-12-34)30(39)49-35-22(36)7-8-23(35)37/h1-6,13-14,31H,7-12,32H2,(H2,33,40,41)(H,42,43,44)(H,45,46,47)/p+1. The van der Waals surface area contributed by atoms with Gasteiger partial charge < -0.3 is 19.9 Å². The first-order valence-electron chi connectivity index (χ1n) is 15.1. The van der Waals surface area contributed by atoms with Crippen LogP contribution in [0.2, 0.25) is 0 Å². The maximum absolute atomic E-state index is 14.2. The van der Waals surface area contributed by atoms with Crippen molar-refractivity contribution in [1.82, 2.24) is 9.96 Å². The van der Waals surface area contributed by atoms with E-state index in [1.165, 1.54) is 17.0 Å². The molecule has 3 heterocycles. The van der Waals surface area contributed by atoms with E-state index in [4.69, 9.17) is 25.5 Å². The van der Waals surface area contributed by atoms with Gasteiger partial charge >= 0.3 is 16.1 Å². The lowest BCUT2D eigenvalue weighted by Gasteiger charge is -2.32. The largest absolute Gasteiger partial charge is 0.453 e. The van der Waals surface area contributed by atoms with E-state index in [2.05, 4.69) is 0 Å². The number of sulfonamides is 1. The monoisotopic (exact) mass is 778 g/mol. The van der Waals surface area contributed by atoms with Crippen LogP contribution in [0, 0.1) is 5.92 Å². The highest BCUT2D eigenvalue weighted by Gasteiger charge is 2.38. The summed E-state index contributed by atoms with van der Waals surface area (Å²) in [5.74, 6) is -4.43. The lowest BCUT2D eigenvalue weighted by molar-refractivity contribution is -0.201. The van der Waals surface area contributed by atoms with Gasteiger partial charge in [-0.2, -0.15) is 16.8 Å². The third-order valence-electron chi connectivity index (χ3n) is 8.67. The van der Waals surface area contributed by atoms with Gasteiger partial charge in [0.15, 0.2) is 16.2 Å². The number of likely N-dealkylation sites (tertiary alicyclic amines) is 1. The number of nitrogens with two attached hydrogens (primary N) is 3. The zero-order chi connectivity index (χ0) is 38.1. The van der Waals surface area contributed by atoms with E-state index in [0.29, 0.717) is 5.06 Å². The summed E-state index contributed by atoms with van der Waals surface area (Å²) >= 11 is 0. The highest BCUT2D eigenvalue weighted by molar-refractivity contribution is 7.89. The van der Waals surface area contributed by atoms with Crippen LogP contribution in [-0.2, 0) is 49.5 Å². The van der Waals surface area contributed by atoms with Crippen molar-refractivity contribution in [2.24, 2.45) is 11.1 Å². The average molecular weight is 779 g/mol. The maximum atomic E-state index is 14.2. The number of carbonyl (C=O) groups excluding carboxylic acids is 4. The van der Waals surface area contributed by atoms with Crippen LogP contribution in [0.15, 0.2) is 61.6 Å². The number of amides is 3. The fraction of sp³-hybridized carbons (Fsp3) is 0.233. The molecule has 3 amide bonds. The summed E-state index contributed by atoms with van der Waals surface area (Å²) in [7, 11) is -14.9. The van der Waals surface area contributed by atoms with Crippen molar-refractivity contribution in [1.29, 1.82) is 0 Å². The summed E-state index contributed by atoms with van der Waals surface area (Å²) in [6, 6.07) is 7.69. The lowest BCUT2D eigenvalue weighted by Crippen LogP contribution is -2.47. The second kappa shape index (κ2) is 12.8. The molecule has 2 saturated heterocycles. The predicted molar refractivity (Wildman–Crippen MR) is 175 cm³/mol. The number of imide groups is 1. The number of anilines is 1. The normalized spacial score (nSPS) is 16.2. The molecule has 0 atom stereocenters. The van der Waals surface area contributed by atoms with Gasteiger partial charge in [-0.1, -0.05) is 0 Å². The van der Waals surface area contributed by atoms with Gasteiger partial charge in [0, 0.05) is 54.1 Å². The summed E-state index contributed by atoms with van der Waals surface area (Å²) in [5.41, 5.74) is 3.72. The number of hydrogen-bond acceptors (Lipinski definition) is 13. The number of nitrogen functional groups attached to an aromatic ring is 1. The molecule has 0 saturated carbocycles. The van der Waals surface area contributed by atoms with Gasteiger partial charge in [-0.05, 0) is 54.8 Å². The fourth-order valence-electron chi connectivity index (χ4n) is 6.23. The summed E-state index contributed by atoms with van der Waals surface area (Å²) in [6.07, 6.45) is -0.119. The molecular formula is C30H28N5O14S3+. The zero-order valence-corrected chi connectivity index (χ0v) is 29.0. The number of piperidine rings is 1. The molecule has 2 aromatic carbocycles. The van der Waals surface area contributed by atoms with Crippen LogP contribution < -0.4 is 21.6 Å². The number of hydrogen-bond donors (Lipinski definition) is 5. The molecule has 6 rings (SSSR count). The van der Waals surface area contributed by atoms with Crippen molar-refractivity contribution in [3.8, 4) is 22.5 Å². The minimum atomic E-state index is -5.22. The molecule has 1 aliphatic carbocycles. The quantitative estimate of drug-likeness (QED) is 0.0653. The van der Waals surface area contributed by atoms with Gasteiger partial charge in [0.25, 0.3) is 27.8 Å². The van der Waals surface area contributed by atoms with Crippen molar-refractivity contribution in [2.45, 2.75) is 40.4 Å². The third-order valence-corrected chi connectivity index (χ3v) is 11.5. The van der Waals surface area contributed by atoms with Crippen LogP contribution in [0.3, 0.4) is 0 Å². The van der Waals surface area contributed by atoms with E-state index < -0.39 is 96.9 Å². The van der Waals surface area contributed by atoms with Crippen molar-refractivity contribution >= 4 is 70.6 Å². The summed E-state index contributed by atoms with van der Waals surface area (Å²) in [5, 5.41) is 11.0. The van der Waals surface area contributed by atoms with Crippen molar-refractivity contribution in [3.05, 3.63) is 53.4 Å². The molecule has 0 unspecified atom stereocenters. The number of rotatable bonds is 7. The molecule has 22 heteroatoms. The predicted octanol–water partition coefficient (Wildman–Crippen LogP) is -0.953. The van der Waals surface area contributed by atoms with E-state index in [1.807, 2.05) is 0 Å². The average Bonchev–Trinajstić information content (AvgIpc) is 3.37. The molecule has 52 heavy (non-hydrogen) atoms. The molecule has 3 aliphatic heterocycles. The third kappa shape index (κ3) is 6.50. The molecule has 274 valence electrons. The van der Waals surface area contributed by atoms with Gasteiger partial charge in [-0.25, -0.2) is 18.4 Å². The maximum Gasteiger partial charge on any atom is 0.336 e. The first kappa shape index (κ1) is 36.5. The summed E-state index contributed by atoms with van der Waals surface area (Å²) in [6.45, 7) is -0.120. The van der Waals surface area contributed by atoms with Gasteiger partial charge in [0.2, 0.25) is 20.3 Å². The number of hydroxylamine groups is 2. The van der Waals surface area contributed by atoms with Gasteiger partial charge in [-0.15, -0.1) is 5.06 Å². The van der Waals surface area contributed by atoms with E-state index in [1.54, 1.807) is 0 Å². The SMILES string of the molecule is Nc1ccc2c(-c3cc(S(N)(=O)=O)ccc3C(=O)N3CCC(C(=O)ON4C(=O)CCC4=O)CC3)c3ccc(=[NH2+])c(S(=O)(=O)O)c-3oc2c1S(=O)(=O)O. The van der Waals surface area contributed by atoms with E-state index in [0.717, 1.165) is 30.3 Å². The molecule has 2 aromatic rings. The number of primary sulfonamides is 1. The van der Waals surface area contributed by atoms with E-state index in [9.17, 15) is 53.5 Å². The Labute approximate surface area is 294 Å². The number of fused-ring (bicyclic) bond motifs is 2. The highest BCUT2D eigenvalue weighted by atomic mass is 32.2. The topological polar surface area (TPSA) is 318 Å². The first-order valence-corrected chi connectivity index (χ1v) is 19.5. The van der Waals surface area contributed by atoms with Crippen LogP contribution in [0.1, 0.15) is 36.0 Å². The fourth-order valence-corrected chi connectivity index (χ4v) is 8.27. The molecule has 4 aliphatic rings. The molecule has 19 nitrogen and oxygen atoms in total. The summed E-state index contributed by atoms with van der Waals surface area (Å²) in [4.78, 5) is 54.6. The minimum Gasteiger partial charge on any atom is -0.453 e. The Morgan fingerprint density at radius 2 is 1.48 bits per heavy atom. The summed E-state index contributed by atoms with van der Waals surface area (Å²) < 4.78 is 101. The smallest absolute Gasteiger partial charge is 0.336 e. The second-order valence-electron chi connectivity index (χ2n) is 12.0. The molecule has 0 radical (unpaired) electrons. The number of nitrogens with zero attached hydrogens (tertiary/aromatic N) is 2. The van der Waals surface area contributed by atoms with Crippen LogP contribution in [0.4, 0.5) is 5.69 Å². The van der Waals surface area contributed by atoms with Crippen LogP contribution >= 0.6 is 0 Å². The lowest BCUT2D eigenvalue weighted by atomic mass is 9.89. The Morgan fingerprint density at radius 1 is 0.865 bits per heavy atom. The molecular weight excluding hydrogens is 751 g/mol. The van der Waals surface area contributed by atoms with Crippen molar-refractivity contribution < 1.29 is 68.2 Å². The Kier molecular flexibility index (Phi) is 8.96. The molecule has 0 bridgehead atoms. The van der Waals surface area contributed by atoms with Crippen molar-refractivity contribution in [2.75, 3.05) is 18.8 Å². The number of benzene rings is 3. The molecule has 8 N–H and O–H groups in total. The number of carbonyl (C=O) groups is 4. The Bertz CT molecular complexity index is 2600. The van der Waals surface area contributed by atoms with Gasteiger partial charge in [0.05, 0.1) is 16.5 Å². The Morgan fingerprint density at radius 3 is 2.06 bits per heavy atom. The Hall–Kier alpha value is -5.26. The van der Waals surface area contributed by atoms with Crippen LogP contribution in [0.25, 0.3) is 33.4 Å². The van der Waals surface area contributed by atoms with Gasteiger partial charge in [-0.3, -0.25) is 28.9 Å². The van der Waals surface area contributed by atoms with E-state index >= 15 is 0 Å². The highest BCUT2D eigenvalue weighted by Crippen LogP contribution is 2.46. The first-order chi connectivity index (χ1) is 24.2. The van der Waals surface area contributed by atoms with Crippen molar-refractivity contribution in [3.63, 3.8) is 0 Å². The minimum absolute atomic E-state index is 0.0372. The zero-order valence-electron chi connectivity index (χ0n) is 26.5. The molecule has 0 spiro atoms. The van der Waals surface area contributed by atoms with Gasteiger partial charge in [0.1, 0.15) is 0 Å².